The van der Waals surface area contributed by atoms with E-state index in [9.17, 15) is 4.79 Å². The summed E-state index contributed by atoms with van der Waals surface area (Å²) in [6, 6.07) is 7.76. The molecule has 1 fully saturated rings. The predicted molar refractivity (Wildman–Crippen MR) is 88.7 cm³/mol. The Hall–Kier alpha value is -2.37. The summed E-state index contributed by atoms with van der Waals surface area (Å²) >= 11 is 0. The lowest BCUT2D eigenvalue weighted by Gasteiger charge is -2.20. The van der Waals surface area contributed by atoms with Crippen LogP contribution in [0.4, 0.5) is 0 Å². The lowest BCUT2D eigenvalue weighted by Crippen LogP contribution is -2.27. The van der Waals surface area contributed by atoms with Crippen molar-refractivity contribution in [3.8, 4) is 5.75 Å². The van der Waals surface area contributed by atoms with Gasteiger partial charge < -0.3 is 14.2 Å². The van der Waals surface area contributed by atoms with Gasteiger partial charge in [0, 0.05) is 19.4 Å². The molecule has 1 aliphatic rings. The average molecular weight is 329 g/mol. The second-order valence-electron chi connectivity index (χ2n) is 6.24. The van der Waals surface area contributed by atoms with E-state index in [1.165, 1.54) is 6.42 Å². The number of rotatable bonds is 7. The fraction of sp³-hybridized carbons (Fsp3) is 0.500. The Morgan fingerprint density at radius 3 is 2.88 bits per heavy atom. The second-order valence-corrected chi connectivity index (χ2v) is 6.24. The third-order valence-corrected chi connectivity index (χ3v) is 4.54. The zero-order valence-electron chi connectivity index (χ0n) is 14.2. The maximum atomic E-state index is 12.3. The molecule has 3 rings (SSSR count). The highest BCUT2D eigenvalue weighted by Crippen LogP contribution is 2.35. The van der Waals surface area contributed by atoms with Crippen molar-refractivity contribution in [3.63, 3.8) is 0 Å². The van der Waals surface area contributed by atoms with Gasteiger partial charge in [-0.25, -0.2) is 0 Å². The van der Waals surface area contributed by atoms with Crippen LogP contribution in [0, 0.1) is 0 Å². The van der Waals surface area contributed by atoms with E-state index >= 15 is 0 Å². The molecule has 0 atom stereocenters. The molecule has 1 aromatic carbocycles. The maximum absolute atomic E-state index is 12.3. The van der Waals surface area contributed by atoms with E-state index in [0.29, 0.717) is 37.0 Å². The van der Waals surface area contributed by atoms with Gasteiger partial charge in [-0.05, 0) is 30.9 Å². The highest BCUT2D eigenvalue weighted by atomic mass is 16.5. The van der Waals surface area contributed by atoms with Gasteiger partial charge >= 0.3 is 0 Å². The molecule has 1 aromatic heterocycles. The number of hydrogen-bond acceptors (Lipinski definition) is 5. The summed E-state index contributed by atoms with van der Waals surface area (Å²) in [5, 5.41) is 3.99. The number of hydrogen-bond donors (Lipinski definition) is 0. The predicted octanol–water partition coefficient (Wildman–Crippen LogP) is 2.94. The van der Waals surface area contributed by atoms with Crippen molar-refractivity contribution >= 4 is 5.91 Å². The average Bonchev–Trinajstić information content (AvgIpc) is 2.98. The van der Waals surface area contributed by atoms with E-state index in [1.807, 2.05) is 24.3 Å². The molecule has 0 unspecified atom stereocenters. The topological polar surface area (TPSA) is 68.5 Å². The molecule has 6 heteroatoms. The number of ether oxygens (including phenoxy) is 1. The van der Waals surface area contributed by atoms with Gasteiger partial charge in [0.1, 0.15) is 5.75 Å². The molecule has 0 bridgehead atoms. The third kappa shape index (κ3) is 3.75. The van der Waals surface area contributed by atoms with E-state index < -0.39 is 0 Å². The summed E-state index contributed by atoms with van der Waals surface area (Å²) in [6.07, 6.45) is 4.53. The Kier molecular flexibility index (Phi) is 5.13. The van der Waals surface area contributed by atoms with E-state index in [1.54, 1.807) is 19.1 Å². The van der Waals surface area contributed by atoms with Crippen molar-refractivity contribution < 1.29 is 14.1 Å². The summed E-state index contributed by atoms with van der Waals surface area (Å²) in [4.78, 5) is 18.4. The van der Waals surface area contributed by atoms with Crippen LogP contribution in [0.2, 0.25) is 0 Å². The van der Waals surface area contributed by atoms with Gasteiger partial charge in [0.25, 0.3) is 0 Å². The lowest BCUT2D eigenvalue weighted by molar-refractivity contribution is -0.130. The standard InChI is InChI=1S/C18H23N3O3/c1-21(12-16-19-18(24-20-16)14-7-5-8-14)17(22)11-10-13-6-3-4-9-15(13)23-2/h3-4,6,9,14H,5,7-8,10-12H2,1-2H3. The summed E-state index contributed by atoms with van der Waals surface area (Å²) in [5.74, 6) is 2.57. The molecular formula is C18H23N3O3. The number of para-hydroxylation sites is 1. The number of carbonyl (C=O) groups is 1. The highest BCUT2D eigenvalue weighted by Gasteiger charge is 2.25. The Bertz CT molecular complexity index is 694. The number of benzene rings is 1. The van der Waals surface area contributed by atoms with Gasteiger partial charge in [0.2, 0.25) is 11.8 Å². The fourth-order valence-electron chi connectivity index (χ4n) is 2.79. The van der Waals surface area contributed by atoms with Crippen LogP contribution in [0.3, 0.4) is 0 Å². The minimum atomic E-state index is 0.0518. The molecule has 1 amide bonds. The number of carbonyl (C=O) groups excluding carboxylic acids is 1. The van der Waals surface area contributed by atoms with Gasteiger partial charge in [-0.2, -0.15) is 4.98 Å². The summed E-state index contributed by atoms with van der Waals surface area (Å²) in [6.45, 7) is 0.376. The van der Waals surface area contributed by atoms with E-state index in [2.05, 4.69) is 10.1 Å². The molecule has 0 N–H and O–H groups in total. The minimum absolute atomic E-state index is 0.0518. The number of aryl methyl sites for hydroxylation is 1. The number of amides is 1. The van der Waals surface area contributed by atoms with Gasteiger partial charge in [-0.15, -0.1) is 0 Å². The molecule has 0 spiro atoms. The fourth-order valence-corrected chi connectivity index (χ4v) is 2.79. The van der Waals surface area contributed by atoms with Gasteiger partial charge in [0.05, 0.1) is 13.7 Å². The van der Waals surface area contributed by atoms with Crippen LogP contribution in [-0.4, -0.2) is 35.1 Å². The smallest absolute Gasteiger partial charge is 0.229 e. The Balaban J connectivity index is 1.52. The highest BCUT2D eigenvalue weighted by molar-refractivity contribution is 5.76. The van der Waals surface area contributed by atoms with Gasteiger partial charge in [-0.1, -0.05) is 29.8 Å². The van der Waals surface area contributed by atoms with Crippen LogP contribution in [0.25, 0.3) is 0 Å². The first kappa shape index (κ1) is 16.5. The SMILES string of the molecule is COc1ccccc1CCC(=O)N(C)Cc1noc(C2CCC2)n1. The first-order chi connectivity index (χ1) is 11.7. The molecule has 0 aliphatic heterocycles. The van der Waals surface area contributed by atoms with E-state index in [4.69, 9.17) is 9.26 Å². The lowest BCUT2D eigenvalue weighted by atomic mass is 9.85. The van der Waals surface area contributed by atoms with E-state index in [0.717, 1.165) is 24.2 Å². The van der Waals surface area contributed by atoms with Gasteiger partial charge in [0.15, 0.2) is 5.82 Å². The van der Waals surface area contributed by atoms with Crippen LogP contribution in [0.15, 0.2) is 28.8 Å². The zero-order chi connectivity index (χ0) is 16.9. The molecule has 1 aliphatic carbocycles. The van der Waals surface area contributed by atoms with Crippen LogP contribution in [0.5, 0.6) is 5.75 Å². The van der Waals surface area contributed by atoms with Crippen LogP contribution >= 0.6 is 0 Å². The minimum Gasteiger partial charge on any atom is -0.496 e. The molecule has 128 valence electrons. The quantitative estimate of drug-likeness (QED) is 0.781. The Labute approximate surface area is 141 Å². The summed E-state index contributed by atoms with van der Waals surface area (Å²) < 4.78 is 10.6. The van der Waals surface area contributed by atoms with Gasteiger partial charge in [-0.3, -0.25) is 4.79 Å². The molecule has 24 heavy (non-hydrogen) atoms. The van der Waals surface area contributed by atoms with Crippen molar-refractivity contribution in [2.75, 3.05) is 14.2 Å². The zero-order valence-corrected chi connectivity index (χ0v) is 14.2. The van der Waals surface area contributed by atoms with Crippen molar-refractivity contribution in [1.29, 1.82) is 0 Å². The number of nitrogens with zero attached hydrogens (tertiary/aromatic N) is 3. The molecule has 0 radical (unpaired) electrons. The first-order valence-electron chi connectivity index (χ1n) is 8.35. The number of aromatic nitrogens is 2. The second kappa shape index (κ2) is 7.47. The first-order valence-corrected chi connectivity index (χ1v) is 8.35. The van der Waals surface area contributed by atoms with E-state index in [-0.39, 0.29) is 5.91 Å². The molecule has 2 aromatic rings. The normalized spacial score (nSPS) is 14.2. The maximum Gasteiger partial charge on any atom is 0.229 e. The molecule has 0 saturated heterocycles. The largest absolute Gasteiger partial charge is 0.496 e. The van der Waals surface area contributed by atoms with Crippen molar-refractivity contribution in [2.24, 2.45) is 0 Å². The molecule has 1 heterocycles. The van der Waals surface area contributed by atoms with Crippen molar-refractivity contribution in [3.05, 3.63) is 41.5 Å². The van der Waals surface area contributed by atoms with Crippen LogP contribution < -0.4 is 4.74 Å². The molecule has 6 nitrogen and oxygen atoms in total. The Morgan fingerprint density at radius 1 is 1.38 bits per heavy atom. The Morgan fingerprint density at radius 2 is 2.17 bits per heavy atom. The van der Waals surface area contributed by atoms with Crippen molar-refractivity contribution in [2.45, 2.75) is 44.6 Å². The third-order valence-electron chi connectivity index (χ3n) is 4.54. The monoisotopic (exact) mass is 329 g/mol. The number of methoxy groups -OCH3 is 1. The van der Waals surface area contributed by atoms with Crippen LogP contribution in [-0.2, 0) is 17.8 Å². The van der Waals surface area contributed by atoms with Crippen LogP contribution in [0.1, 0.15) is 48.9 Å². The summed E-state index contributed by atoms with van der Waals surface area (Å²) in [7, 11) is 3.41. The summed E-state index contributed by atoms with van der Waals surface area (Å²) in [5.41, 5.74) is 1.04. The molecule has 1 saturated carbocycles. The van der Waals surface area contributed by atoms with Crippen molar-refractivity contribution in [1.82, 2.24) is 15.0 Å². The molecular weight excluding hydrogens is 306 g/mol.